The molecule has 1 aromatic carbocycles. The fourth-order valence-corrected chi connectivity index (χ4v) is 3.29. The molecule has 0 radical (unpaired) electrons. The van der Waals surface area contributed by atoms with E-state index in [1.165, 1.54) is 5.56 Å². The first-order valence-corrected chi connectivity index (χ1v) is 8.04. The summed E-state index contributed by atoms with van der Waals surface area (Å²) < 4.78 is 0. The lowest BCUT2D eigenvalue weighted by Crippen LogP contribution is -2.60. The van der Waals surface area contributed by atoms with E-state index >= 15 is 0 Å². The zero-order valence-corrected chi connectivity index (χ0v) is 14.0. The number of hydrogen-bond donors (Lipinski definition) is 1. The van der Waals surface area contributed by atoms with Crippen LogP contribution in [-0.2, 0) is 6.42 Å². The number of likely N-dealkylation sites (N-methyl/N-ethyl adjacent to an activating group) is 1. The van der Waals surface area contributed by atoms with Crippen LogP contribution in [0.2, 0.25) is 0 Å². The number of rotatable bonds is 3. The topological polar surface area (TPSA) is 52.2 Å². The van der Waals surface area contributed by atoms with Crippen molar-refractivity contribution in [2.75, 3.05) is 26.7 Å². The second-order valence-electron chi connectivity index (χ2n) is 6.95. The molecule has 1 fully saturated rings. The third-order valence-corrected chi connectivity index (χ3v) is 4.43. The molecule has 0 aliphatic carbocycles. The summed E-state index contributed by atoms with van der Waals surface area (Å²) in [5.41, 5.74) is 2.50. The summed E-state index contributed by atoms with van der Waals surface area (Å²) in [6, 6.07) is 12.1. The fraction of sp³-hybridized carbons (Fsp3) is 0.444. The Morgan fingerprint density at radius 3 is 2.70 bits per heavy atom. The van der Waals surface area contributed by atoms with Gasteiger partial charge in [-0.05, 0) is 32.5 Å². The molecule has 5 nitrogen and oxygen atoms in total. The van der Waals surface area contributed by atoms with Gasteiger partial charge < -0.3 is 9.80 Å². The Bertz CT molecular complexity index is 677. The van der Waals surface area contributed by atoms with Crippen LogP contribution >= 0.6 is 0 Å². The van der Waals surface area contributed by atoms with Crippen LogP contribution in [0.25, 0.3) is 0 Å². The average Bonchev–Trinajstić information content (AvgIpc) is 2.95. The number of nitrogens with zero attached hydrogens (tertiary/aromatic N) is 3. The number of carbonyl (C=O) groups is 1. The Morgan fingerprint density at radius 1 is 1.26 bits per heavy atom. The van der Waals surface area contributed by atoms with E-state index in [4.69, 9.17) is 0 Å². The standard InChI is InChI=1S/C18H24N4O/c1-18(2)13-21(3)9-10-22(18)17(23)16-12-15(19-20-16)11-14-7-5-4-6-8-14/h4-8,12H,9-11,13H2,1-3H3,(H,19,20). The van der Waals surface area contributed by atoms with Gasteiger partial charge in [-0.1, -0.05) is 30.3 Å². The van der Waals surface area contributed by atoms with Gasteiger partial charge in [0.1, 0.15) is 5.69 Å². The maximum absolute atomic E-state index is 12.8. The highest BCUT2D eigenvalue weighted by molar-refractivity contribution is 5.93. The summed E-state index contributed by atoms with van der Waals surface area (Å²) in [6.07, 6.45) is 0.757. The van der Waals surface area contributed by atoms with Crippen LogP contribution in [0.5, 0.6) is 0 Å². The molecular formula is C18H24N4O. The van der Waals surface area contributed by atoms with Gasteiger partial charge in [-0.15, -0.1) is 0 Å². The molecule has 0 bridgehead atoms. The zero-order valence-electron chi connectivity index (χ0n) is 14.0. The van der Waals surface area contributed by atoms with Crippen LogP contribution < -0.4 is 0 Å². The van der Waals surface area contributed by atoms with Gasteiger partial charge in [0, 0.05) is 31.7 Å². The van der Waals surface area contributed by atoms with Crippen molar-refractivity contribution >= 4 is 5.91 Å². The Morgan fingerprint density at radius 2 is 2.00 bits per heavy atom. The minimum absolute atomic E-state index is 0.0126. The molecule has 1 aliphatic rings. The van der Waals surface area contributed by atoms with Gasteiger partial charge in [0.2, 0.25) is 0 Å². The molecule has 1 aliphatic heterocycles. The summed E-state index contributed by atoms with van der Waals surface area (Å²) in [6.45, 7) is 6.73. The number of nitrogens with one attached hydrogen (secondary N) is 1. The number of amides is 1. The molecule has 23 heavy (non-hydrogen) atoms. The summed E-state index contributed by atoms with van der Waals surface area (Å²) in [5.74, 6) is 0.0126. The Hall–Kier alpha value is -2.14. The number of aromatic amines is 1. The lowest BCUT2D eigenvalue weighted by Gasteiger charge is -2.45. The van der Waals surface area contributed by atoms with E-state index in [2.05, 4.69) is 48.1 Å². The fourth-order valence-electron chi connectivity index (χ4n) is 3.29. The van der Waals surface area contributed by atoms with Gasteiger partial charge in [0.05, 0.1) is 5.54 Å². The molecule has 122 valence electrons. The van der Waals surface area contributed by atoms with Gasteiger partial charge in [0.25, 0.3) is 5.91 Å². The van der Waals surface area contributed by atoms with Crippen molar-refractivity contribution in [3.63, 3.8) is 0 Å². The molecule has 0 saturated carbocycles. The predicted molar refractivity (Wildman–Crippen MR) is 90.4 cm³/mol. The first-order chi connectivity index (χ1) is 11.0. The highest BCUT2D eigenvalue weighted by atomic mass is 16.2. The molecule has 2 heterocycles. The van der Waals surface area contributed by atoms with Gasteiger partial charge in [-0.2, -0.15) is 5.10 Å². The number of piperazine rings is 1. The van der Waals surface area contributed by atoms with E-state index in [1.807, 2.05) is 29.2 Å². The van der Waals surface area contributed by atoms with Crippen molar-refractivity contribution in [3.05, 3.63) is 53.3 Å². The molecule has 0 unspecified atom stereocenters. The van der Waals surface area contributed by atoms with Crippen molar-refractivity contribution in [3.8, 4) is 0 Å². The van der Waals surface area contributed by atoms with Crippen LogP contribution in [0.15, 0.2) is 36.4 Å². The number of H-pyrrole nitrogens is 1. The average molecular weight is 312 g/mol. The van der Waals surface area contributed by atoms with Crippen LogP contribution in [0.1, 0.15) is 35.6 Å². The maximum Gasteiger partial charge on any atom is 0.274 e. The first kappa shape index (κ1) is 15.7. The predicted octanol–water partition coefficient (Wildman–Crippen LogP) is 2.17. The largest absolute Gasteiger partial charge is 0.330 e. The minimum atomic E-state index is -0.178. The van der Waals surface area contributed by atoms with E-state index in [1.54, 1.807) is 0 Å². The van der Waals surface area contributed by atoms with Crippen molar-refractivity contribution in [2.24, 2.45) is 0 Å². The van der Waals surface area contributed by atoms with Gasteiger partial charge in [-0.25, -0.2) is 0 Å². The van der Waals surface area contributed by atoms with E-state index in [-0.39, 0.29) is 11.4 Å². The summed E-state index contributed by atoms with van der Waals surface area (Å²) in [4.78, 5) is 17.0. The Balaban J connectivity index is 1.73. The second kappa shape index (κ2) is 6.16. The van der Waals surface area contributed by atoms with Crippen molar-refractivity contribution < 1.29 is 4.79 Å². The third-order valence-electron chi connectivity index (χ3n) is 4.43. The molecule has 0 spiro atoms. The van der Waals surface area contributed by atoms with E-state index in [0.29, 0.717) is 5.69 Å². The summed E-state index contributed by atoms with van der Waals surface area (Å²) >= 11 is 0. The quantitative estimate of drug-likeness (QED) is 0.945. The zero-order chi connectivity index (χ0) is 16.4. The molecule has 1 N–H and O–H groups in total. The SMILES string of the molecule is CN1CCN(C(=O)c2cc(Cc3ccccc3)[nH]n2)C(C)(C)C1. The van der Waals surface area contributed by atoms with Crippen LogP contribution in [-0.4, -0.2) is 58.1 Å². The summed E-state index contributed by atoms with van der Waals surface area (Å²) in [7, 11) is 2.09. The van der Waals surface area contributed by atoms with Crippen molar-refractivity contribution in [2.45, 2.75) is 25.8 Å². The van der Waals surface area contributed by atoms with E-state index < -0.39 is 0 Å². The Labute approximate surface area is 137 Å². The lowest BCUT2D eigenvalue weighted by atomic mass is 9.98. The number of hydrogen-bond acceptors (Lipinski definition) is 3. The molecule has 0 atom stereocenters. The highest BCUT2D eigenvalue weighted by Gasteiger charge is 2.36. The lowest BCUT2D eigenvalue weighted by molar-refractivity contribution is 0.0243. The Kier molecular flexibility index (Phi) is 4.22. The first-order valence-electron chi connectivity index (χ1n) is 8.04. The highest BCUT2D eigenvalue weighted by Crippen LogP contribution is 2.22. The van der Waals surface area contributed by atoms with Gasteiger partial charge >= 0.3 is 0 Å². The molecule has 5 heteroatoms. The van der Waals surface area contributed by atoms with Crippen LogP contribution in [0.3, 0.4) is 0 Å². The van der Waals surface area contributed by atoms with Crippen LogP contribution in [0.4, 0.5) is 0 Å². The smallest absolute Gasteiger partial charge is 0.274 e. The van der Waals surface area contributed by atoms with Gasteiger partial charge in [-0.3, -0.25) is 9.89 Å². The number of benzene rings is 1. The maximum atomic E-state index is 12.8. The molecule has 2 aromatic rings. The van der Waals surface area contributed by atoms with Crippen molar-refractivity contribution in [1.82, 2.24) is 20.0 Å². The molecule has 1 aromatic heterocycles. The molecule has 1 saturated heterocycles. The second-order valence-corrected chi connectivity index (χ2v) is 6.95. The third kappa shape index (κ3) is 3.45. The molecule has 1 amide bonds. The molecular weight excluding hydrogens is 288 g/mol. The van der Waals surface area contributed by atoms with Crippen LogP contribution in [0, 0.1) is 0 Å². The van der Waals surface area contributed by atoms with Gasteiger partial charge in [0.15, 0.2) is 0 Å². The van der Waals surface area contributed by atoms with Crippen molar-refractivity contribution in [1.29, 1.82) is 0 Å². The summed E-state index contributed by atoms with van der Waals surface area (Å²) in [5, 5.41) is 7.24. The van der Waals surface area contributed by atoms with E-state index in [9.17, 15) is 4.79 Å². The number of aromatic nitrogens is 2. The normalized spacial score (nSPS) is 18.1. The minimum Gasteiger partial charge on any atom is -0.330 e. The van der Waals surface area contributed by atoms with E-state index in [0.717, 1.165) is 31.7 Å². The monoisotopic (exact) mass is 312 g/mol. The molecule has 3 rings (SSSR count). The number of carbonyl (C=O) groups excluding carboxylic acids is 1.